The van der Waals surface area contributed by atoms with Crippen molar-refractivity contribution in [1.82, 2.24) is 0 Å². The maximum atomic E-state index is 12.3. The first-order valence-corrected chi connectivity index (χ1v) is 10.2. The van der Waals surface area contributed by atoms with Gasteiger partial charge >= 0.3 is 5.97 Å². The minimum atomic E-state index is -0.398. The highest BCUT2D eigenvalue weighted by Gasteiger charge is 2.08. The normalized spacial score (nSPS) is 9.85. The Kier molecular flexibility index (Phi) is 7.81. The zero-order valence-electron chi connectivity index (χ0n) is 18.1. The molecule has 0 aliphatic heterocycles. The largest absolute Gasteiger partial charge is 0.508 e. The Bertz CT molecular complexity index is 1210. The van der Waals surface area contributed by atoms with Gasteiger partial charge in [-0.25, -0.2) is 4.79 Å². The number of para-hydroxylation sites is 2. The van der Waals surface area contributed by atoms with Crippen LogP contribution in [0.3, 0.4) is 0 Å². The van der Waals surface area contributed by atoms with Gasteiger partial charge < -0.3 is 20.9 Å². The number of hydrogen-bond donors (Lipinski definition) is 3. The van der Waals surface area contributed by atoms with Crippen molar-refractivity contribution < 1.29 is 19.4 Å². The number of carbonyl (C=O) groups excluding carboxylic acids is 2. The number of phenols is 1. The standard InChI is InChI=1S/C19H16N2O.C8H8O3/c20-17-8-4-5-9-18(17)21-16-12-10-15(11-13-16)19(22)14-6-2-1-3-7-14;1-11-8(10)6-2-4-7(9)5-3-6/h1-13,21H,20H2;2-5,9H,1H3. The van der Waals surface area contributed by atoms with Crippen molar-refractivity contribution in [3.8, 4) is 5.75 Å². The molecule has 4 N–H and O–H groups in total. The molecule has 33 heavy (non-hydrogen) atoms. The third-order valence-corrected chi connectivity index (χ3v) is 4.71. The smallest absolute Gasteiger partial charge is 0.337 e. The van der Waals surface area contributed by atoms with Crippen LogP contribution in [-0.4, -0.2) is 24.0 Å². The number of benzene rings is 4. The van der Waals surface area contributed by atoms with Gasteiger partial charge in [-0.1, -0.05) is 42.5 Å². The second-order valence-corrected chi connectivity index (χ2v) is 7.02. The van der Waals surface area contributed by atoms with E-state index in [2.05, 4.69) is 10.1 Å². The van der Waals surface area contributed by atoms with Crippen molar-refractivity contribution in [2.24, 2.45) is 0 Å². The molecule has 0 heterocycles. The molecule has 0 unspecified atom stereocenters. The summed E-state index contributed by atoms with van der Waals surface area (Å²) in [5, 5.41) is 12.1. The fourth-order valence-corrected chi connectivity index (χ4v) is 2.94. The summed E-state index contributed by atoms with van der Waals surface area (Å²) >= 11 is 0. The SMILES string of the molecule is COC(=O)c1ccc(O)cc1.Nc1ccccc1Nc1ccc(C(=O)c2ccccc2)cc1. The first-order valence-electron chi connectivity index (χ1n) is 10.2. The summed E-state index contributed by atoms with van der Waals surface area (Å²) in [7, 11) is 1.31. The van der Waals surface area contributed by atoms with Crippen molar-refractivity contribution in [3.05, 3.63) is 120 Å². The van der Waals surface area contributed by atoms with E-state index < -0.39 is 5.97 Å². The number of esters is 1. The summed E-state index contributed by atoms with van der Waals surface area (Å²) in [6.45, 7) is 0. The summed E-state index contributed by atoms with van der Waals surface area (Å²) in [6.07, 6.45) is 0. The maximum absolute atomic E-state index is 12.3. The van der Waals surface area contributed by atoms with Gasteiger partial charge in [0.25, 0.3) is 0 Å². The van der Waals surface area contributed by atoms with E-state index in [9.17, 15) is 9.59 Å². The quantitative estimate of drug-likeness (QED) is 0.218. The lowest BCUT2D eigenvalue weighted by Crippen LogP contribution is -2.01. The molecule has 0 bridgehead atoms. The Morgan fingerprint density at radius 1 is 0.727 bits per heavy atom. The summed E-state index contributed by atoms with van der Waals surface area (Å²) in [5.74, 6) is -0.242. The van der Waals surface area contributed by atoms with E-state index in [0.717, 1.165) is 11.4 Å². The third kappa shape index (κ3) is 6.45. The molecule has 0 saturated heterocycles. The van der Waals surface area contributed by atoms with Crippen LogP contribution >= 0.6 is 0 Å². The van der Waals surface area contributed by atoms with Crippen LogP contribution in [0.15, 0.2) is 103 Å². The van der Waals surface area contributed by atoms with Crippen molar-refractivity contribution in [3.63, 3.8) is 0 Å². The highest BCUT2D eigenvalue weighted by molar-refractivity contribution is 6.09. The van der Waals surface area contributed by atoms with Crippen LogP contribution in [0.25, 0.3) is 0 Å². The Balaban J connectivity index is 0.000000235. The van der Waals surface area contributed by atoms with Gasteiger partial charge in [0.05, 0.1) is 24.0 Å². The molecule has 4 rings (SSSR count). The Labute approximate surface area is 192 Å². The molecular formula is C27H24N2O4. The van der Waals surface area contributed by atoms with Gasteiger partial charge in [-0.05, 0) is 60.7 Å². The fraction of sp³-hybridized carbons (Fsp3) is 0.0370. The molecule has 0 saturated carbocycles. The van der Waals surface area contributed by atoms with Crippen LogP contribution in [0.4, 0.5) is 17.1 Å². The number of ether oxygens (including phenoxy) is 1. The number of carbonyl (C=O) groups is 2. The molecule has 4 aromatic rings. The fourth-order valence-electron chi connectivity index (χ4n) is 2.94. The summed E-state index contributed by atoms with van der Waals surface area (Å²) < 4.78 is 4.46. The number of methoxy groups -OCH3 is 1. The van der Waals surface area contributed by atoms with E-state index in [1.807, 2.05) is 78.9 Å². The second-order valence-electron chi connectivity index (χ2n) is 7.02. The molecule has 0 aliphatic rings. The lowest BCUT2D eigenvalue weighted by molar-refractivity contribution is 0.0600. The zero-order chi connectivity index (χ0) is 23.6. The van der Waals surface area contributed by atoms with E-state index >= 15 is 0 Å². The third-order valence-electron chi connectivity index (χ3n) is 4.71. The molecule has 0 atom stereocenters. The van der Waals surface area contributed by atoms with E-state index in [1.54, 1.807) is 0 Å². The van der Waals surface area contributed by atoms with Crippen molar-refractivity contribution in [2.75, 3.05) is 18.2 Å². The van der Waals surface area contributed by atoms with Crippen molar-refractivity contribution in [1.29, 1.82) is 0 Å². The predicted molar refractivity (Wildman–Crippen MR) is 130 cm³/mol. The van der Waals surface area contributed by atoms with Gasteiger partial charge in [-0.15, -0.1) is 0 Å². The number of anilines is 3. The molecule has 0 aromatic heterocycles. The Morgan fingerprint density at radius 3 is 1.88 bits per heavy atom. The summed E-state index contributed by atoms with van der Waals surface area (Å²) in [6, 6.07) is 30.1. The van der Waals surface area contributed by atoms with E-state index in [-0.39, 0.29) is 11.5 Å². The Hall–Kier alpha value is -4.58. The average molecular weight is 440 g/mol. The van der Waals surface area contributed by atoms with Gasteiger partial charge in [0.2, 0.25) is 0 Å². The topological polar surface area (TPSA) is 102 Å². The van der Waals surface area contributed by atoms with E-state index in [1.165, 1.54) is 31.4 Å². The van der Waals surface area contributed by atoms with Crippen LogP contribution in [0, 0.1) is 0 Å². The molecule has 0 aliphatic carbocycles. The van der Waals surface area contributed by atoms with Crippen LogP contribution in [0.2, 0.25) is 0 Å². The number of nitrogens with two attached hydrogens (primary N) is 1. The monoisotopic (exact) mass is 440 g/mol. The number of nitrogens with one attached hydrogen (secondary N) is 1. The van der Waals surface area contributed by atoms with Crippen LogP contribution in [-0.2, 0) is 4.74 Å². The Morgan fingerprint density at radius 2 is 1.27 bits per heavy atom. The predicted octanol–water partition coefficient (Wildman–Crippen LogP) is 5.42. The summed E-state index contributed by atoms with van der Waals surface area (Å²) in [5.41, 5.74) is 10.1. The van der Waals surface area contributed by atoms with Crippen molar-refractivity contribution in [2.45, 2.75) is 0 Å². The first-order chi connectivity index (χ1) is 16.0. The molecule has 0 radical (unpaired) electrons. The maximum Gasteiger partial charge on any atom is 0.337 e. The highest BCUT2D eigenvalue weighted by atomic mass is 16.5. The lowest BCUT2D eigenvalue weighted by atomic mass is 10.0. The molecule has 6 nitrogen and oxygen atoms in total. The van der Waals surface area contributed by atoms with Gasteiger partial charge in [-0.2, -0.15) is 0 Å². The van der Waals surface area contributed by atoms with Crippen molar-refractivity contribution >= 4 is 28.8 Å². The van der Waals surface area contributed by atoms with Gasteiger partial charge in [-0.3, -0.25) is 4.79 Å². The number of aromatic hydroxyl groups is 1. The van der Waals surface area contributed by atoms with Gasteiger partial charge in [0.1, 0.15) is 5.75 Å². The average Bonchev–Trinajstić information content (AvgIpc) is 2.86. The minimum Gasteiger partial charge on any atom is -0.508 e. The molecule has 166 valence electrons. The van der Waals surface area contributed by atoms with Crippen LogP contribution < -0.4 is 11.1 Å². The zero-order valence-corrected chi connectivity index (χ0v) is 18.1. The lowest BCUT2D eigenvalue weighted by Gasteiger charge is -2.09. The first kappa shape index (κ1) is 23.1. The molecule has 4 aromatic carbocycles. The van der Waals surface area contributed by atoms with Crippen LogP contribution in [0.5, 0.6) is 5.75 Å². The number of hydrogen-bond acceptors (Lipinski definition) is 6. The molecule has 0 spiro atoms. The number of ketones is 1. The second kappa shape index (κ2) is 11.2. The van der Waals surface area contributed by atoms with Crippen LogP contribution in [0.1, 0.15) is 26.3 Å². The number of nitrogen functional groups attached to an aromatic ring is 1. The summed E-state index contributed by atoms with van der Waals surface area (Å²) in [4.78, 5) is 23.2. The highest BCUT2D eigenvalue weighted by Crippen LogP contribution is 2.23. The number of rotatable bonds is 5. The molecule has 0 amide bonds. The molecular weight excluding hydrogens is 416 g/mol. The molecule has 0 fully saturated rings. The van der Waals surface area contributed by atoms with Gasteiger partial charge in [0, 0.05) is 16.8 Å². The van der Waals surface area contributed by atoms with E-state index in [4.69, 9.17) is 10.8 Å². The number of phenolic OH excluding ortho intramolecular Hbond substituents is 1. The van der Waals surface area contributed by atoms with Gasteiger partial charge in [0.15, 0.2) is 5.78 Å². The molecule has 6 heteroatoms. The minimum absolute atomic E-state index is 0.0198. The van der Waals surface area contributed by atoms with E-state index in [0.29, 0.717) is 22.4 Å².